The largest absolute Gasteiger partial charge is 0.462 e. The molecule has 0 fully saturated rings. The third kappa shape index (κ3) is 4.64. The van der Waals surface area contributed by atoms with Gasteiger partial charge in [0.2, 0.25) is 5.13 Å². The van der Waals surface area contributed by atoms with Gasteiger partial charge in [-0.2, -0.15) is 5.10 Å². The van der Waals surface area contributed by atoms with Gasteiger partial charge in [-0.25, -0.2) is 14.5 Å². The molecule has 0 bridgehead atoms. The number of carbonyl (C=O) groups excluding carboxylic acids is 1. The molecule has 0 aliphatic heterocycles. The normalized spacial score (nSPS) is 12.1. The van der Waals surface area contributed by atoms with Crippen molar-refractivity contribution in [3.8, 4) is 16.4 Å². The van der Waals surface area contributed by atoms with Gasteiger partial charge in [-0.15, -0.1) is 11.3 Å². The Morgan fingerprint density at radius 2 is 2.11 bits per heavy atom. The molecular formula is C20H24N4O3S. The number of esters is 1. The van der Waals surface area contributed by atoms with E-state index in [-0.39, 0.29) is 12.0 Å². The molecular weight excluding hydrogens is 376 g/mol. The fraction of sp³-hybridized carbons (Fsp3) is 0.350. The first kappa shape index (κ1) is 20.2. The van der Waals surface area contributed by atoms with Crippen molar-refractivity contribution in [2.75, 3.05) is 20.3 Å². The maximum Gasteiger partial charge on any atom is 0.341 e. The highest BCUT2D eigenvalue weighted by atomic mass is 32.1. The molecule has 8 heteroatoms. The summed E-state index contributed by atoms with van der Waals surface area (Å²) in [6.45, 7) is 5.13. The lowest BCUT2D eigenvalue weighted by Gasteiger charge is -2.14. The van der Waals surface area contributed by atoms with Crippen LogP contribution in [0.1, 0.15) is 29.9 Å². The van der Waals surface area contributed by atoms with Crippen molar-refractivity contribution in [1.29, 1.82) is 0 Å². The molecule has 0 aliphatic rings. The molecule has 28 heavy (non-hydrogen) atoms. The Morgan fingerprint density at radius 1 is 1.32 bits per heavy atom. The standard InChI is InChI=1S/C20H24N4O3S/c1-4-27-19(25)16-10-22-24(18(16)11-21-14(2)12-26-3)20-23-17(13-28-20)15-8-6-5-7-9-15/h5-10,13-14,21H,4,11-12H2,1-3H3. The average molecular weight is 401 g/mol. The summed E-state index contributed by atoms with van der Waals surface area (Å²) < 4.78 is 12.1. The highest BCUT2D eigenvalue weighted by Crippen LogP contribution is 2.25. The van der Waals surface area contributed by atoms with Gasteiger partial charge >= 0.3 is 5.97 Å². The first-order valence-corrected chi connectivity index (χ1v) is 9.99. The quantitative estimate of drug-likeness (QED) is 0.555. The lowest BCUT2D eigenvalue weighted by atomic mass is 10.2. The molecule has 7 nitrogen and oxygen atoms in total. The van der Waals surface area contributed by atoms with Gasteiger partial charge < -0.3 is 14.8 Å². The number of benzene rings is 1. The predicted octanol–water partition coefficient (Wildman–Crippen LogP) is 3.30. The minimum Gasteiger partial charge on any atom is -0.462 e. The van der Waals surface area contributed by atoms with Crippen LogP contribution in [0.15, 0.2) is 41.9 Å². The van der Waals surface area contributed by atoms with Crippen LogP contribution in [0.4, 0.5) is 0 Å². The number of rotatable bonds is 9. The second kappa shape index (κ2) is 9.59. The van der Waals surface area contributed by atoms with Gasteiger partial charge in [0.15, 0.2) is 0 Å². The maximum absolute atomic E-state index is 12.4. The Balaban J connectivity index is 1.91. The highest BCUT2D eigenvalue weighted by molar-refractivity contribution is 7.12. The molecule has 0 radical (unpaired) electrons. The fourth-order valence-electron chi connectivity index (χ4n) is 2.77. The summed E-state index contributed by atoms with van der Waals surface area (Å²) in [6, 6.07) is 10.1. The van der Waals surface area contributed by atoms with E-state index in [0.717, 1.165) is 17.0 Å². The van der Waals surface area contributed by atoms with Crippen LogP contribution in [0, 0.1) is 0 Å². The van der Waals surface area contributed by atoms with Crippen LogP contribution >= 0.6 is 11.3 Å². The predicted molar refractivity (Wildman–Crippen MR) is 109 cm³/mol. The van der Waals surface area contributed by atoms with Crippen LogP contribution in [-0.2, 0) is 16.0 Å². The van der Waals surface area contributed by atoms with Crippen LogP contribution < -0.4 is 5.32 Å². The van der Waals surface area contributed by atoms with E-state index in [0.29, 0.717) is 30.5 Å². The minimum atomic E-state index is -0.384. The molecule has 3 aromatic rings. The molecule has 0 spiro atoms. The Labute approximate surface area is 168 Å². The van der Waals surface area contributed by atoms with Crippen molar-refractivity contribution in [3.63, 3.8) is 0 Å². The van der Waals surface area contributed by atoms with Crippen LogP contribution in [0.25, 0.3) is 16.4 Å². The lowest BCUT2D eigenvalue weighted by Crippen LogP contribution is -2.31. The molecule has 2 heterocycles. The Kier molecular flexibility index (Phi) is 6.91. The van der Waals surface area contributed by atoms with E-state index < -0.39 is 0 Å². The molecule has 1 unspecified atom stereocenters. The monoisotopic (exact) mass is 400 g/mol. The molecule has 0 saturated carbocycles. The number of hydrogen-bond donors (Lipinski definition) is 1. The first-order valence-electron chi connectivity index (χ1n) is 9.11. The average Bonchev–Trinajstić information content (AvgIpc) is 3.34. The van der Waals surface area contributed by atoms with Crippen LogP contribution in [0.3, 0.4) is 0 Å². The number of thiazole rings is 1. The number of aromatic nitrogens is 3. The zero-order chi connectivity index (χ0) is 19.9. The molecule has 2 aromatic heterocycles. The summed E-state index contributed by atoms with van der Waals surface area (Å²) in [4.78, 5) is 17.1. The number of nitrogens with one attached hydrogen (secondary N) is 1. The summed E-state index contributed by atoms with van der Waals surface area (Å²) in [5.74, 6) is -0.384. The van der Waals surface area contributed by atoms with E-state index >= 15 is 0 Å². The van der Waals surface area contributed by atoms with Gasteiger partial charge in [0.1, 0.15) is 5.56 Å². The number of nitrogens with zero attached hydrogens (tertiary/aromatic N) is 3. The van der Waals surface area contributed by atoms with Crippen LogP contribution in [0.2, 0.25) is 0 Å². The van der Waals surface area contributed by atoms with Crippen LogP contribution in [0.5, 0.6) is 0 Å². The topological polar surface area (TPSA) is 78.3 Å². The van der Waals surface area contributed by atoms with Crippen molar-refractivity contribution in [3.05, 3.63) is 53.2 Å². The summed E-state index contributed by atoms with van der Waals surface area (Å²) in [5.41, 5.74) is 3.07. The third-order valence-corrected chi connectivity index (χ3v) is 4.96. The molecule has 148 valence electrons. The van der Waals surface area contributed by atoms with Crippen molar-refractivity contribution in [2.24, 2.45) is 0 Å². The Bertz CT molecular complexity index is 907. The summed E-state index contributed by atoms with van der Waals surface area (Å²) in [6.07, 6.45) is 1.54. The fourth-order valence-corrected chi connectivity index (χ4v) is 3.59. The van der Waals surface area contributed by atoms with Crippen molar-refractivity contribution in [1.82, 2.24) is 20.1 Å². The van der Waals surface area contributed by atoms with Crippen molar-refractivity contribution in [2.45, 2.75) is 26.4 Å². The molecule has 0 saturated heterocycles. The SMILES string of the molecule is CCOC(=O)c1cnn(-c2nc(-c3ccccc3)cs2)c1CNC(C)COC. The molecule has 0 amide bonds. The smallest absolute Gasteiger partial charge is 0.341 e. The van der Waals surface area contributed by atoms with Gasteiger partial charge in [-0.1, -0.05) is 30.3 Å². The van der Waals surface area contributed by atoms with E-state index in [1.54, 1.807) is 24.9 Å². The molecule has 1 atom stereocenters. The van der Waals surface area contributed by atoms with E-state index in [1.165, 1.54) is 11.3 Å². The molecule has 3 rings (SSSR count). The molecule has 0 aliphatic carbocycles. The highest BCUT2D eigenvalue weighted by Gasteiger charge is 2.21. The van der Waals surface area contributed by atoms with Crippen molar-refractivity contribution >= 4 is 17.3 Å². The maximum atomic E-state index is 12.4. The van der Waals surface area contributed by atoms with E-state index in [1.807, 2.05) is 42.6 Å². The van der Waals surface area contributed by atoms with Gasteiger partial charge in [-0.3, -0.25) is 0 Å². The number of hydrogen-bond acceptors (Lipinski definition) is 7. The van der Waals surface area contributed by atoms with Crippen LogP contribution in [-0.4, -0.2) is 47.1 Å². The Hall–Kier alpha value is -2.55. The number of carbonyl (C=O) groups is 1. The van der Waals surface area contributed by atoms with E-state index in [4.69, 9.17) is 14.5 Å². The molecule has 1 aromatic carbocycles. The number of ether oxygens (including phenoxy) is 2. The first-order chi connectivity index (χ1) is 13.6. The minimum absolute atomic E-state index is 0.125. The summed E-state index contributed by atoms with van der Waals surface area (Å²) in [7, 11) is 1.66. The summed E-state index contributed by atoms with van der Waals surface area (Å²) in [5, 5.41) is 10.5. The number of methoxy groups -OCH3 is 1. The van der Waals surface area contributed by atoms with Gasteiger partial charge in [0.25, 0.3) is 0 Å². The second-order valence-corrected chi connectivity index (χ2v) is 7.09. The van der Waals surface area contributed by atoms with Gasteiger partial charge in [-0.05, 0) is 13.8 Å². The van der Waals surface area contributed by atoms with Crippen molar-refractivity contribution < 1.29 is 14.3 Å². The third-order valence-electron chi connectivity index (χ3n) is 4.14. The Morgan fingerprint density at radius 3 is 2.82 bits per heavy atom. The van der Waals surface area contributed by atoms with E-state index in [9.17, 15) is 4.79 Å². The second-order valence-electron chi connectivity index (χ2n) is 6.26. The van der Waals surface area contributed by atoms with E-state index in [2.05, 4.69) is 10.4 Å². The lowest BCUT2D eigenvalue weighted by molar-refractivity contribution is 0.0524. The van der Waals surface area contributed by atoms with Gasteiger partial charge in [0.05, 0.1) is 30.8 Å². The summed E-state index contributed by atoms with van der Waals surface area (Å²) >= 11 is 1.48. The zero-order valence-corrected chi connectivity index (χ0v) is 17.0. The van der Waals surface area contributed by atoms with Gasteiger partial charge in [0, 0.05) is 30.6 Å². The zero-order valence-electron chi connectivity index (χ0n) is 16.2. The molecule has 1 N–H and O–H groups in total.